The molecule has 3 heteroatoms. The molecular formula is C13H19ClFN. The molecule has 0 heterocycles. The van der Waals surface area contributed by atoms with Crippen LogP contribution in [-0.4, -0.2) is 6.54 Å². The van der Waals surface area contributed by atoms with Crippen LogP contribution in [0.5, 0.6) is 0 Å². The van der Waals surface area contributed by atoms with Crippen molar-refractivity contribution in [2.24, 2.45) is 11.1 Å². The number of hydrogen-bond acceptors (Lipinski definition) is 1. The molecular weight excluding hydrogens is 225 g/mol. The average Bonchev–Trinajstić information content (AvgIpc) is 2.25. The van der Waals surface area contributed by atoms with E-state index in [2.05, 4.69) is 13.8 Å². The van der Waals surface area contributed by atoms with Crippen LogP contribution in [0.25, 0.3) is 0 Å². The zero-order valence-corrected chi connectivity index (χ0v) is 10.6. The van der Waals surface area contributed by atoms with E-state index >= 15 is 0 Å². The van der Waals surface area contributed by atoms with E-state index in [9.17, 15) is 4.39 Å². The van der Waals surface area contributed by atoms with Crippen LogP contribution in [-0.2, 0) is 6.42 Å². The first kappa shape index (κ1) is 13.5. The number of nitrogens with two attached hydrogens (primary N) is 1. The largest absolute Gasteiger partial charge is 0.330 e. The predicted molar refractivity (Wildman–Crippen MR) is 67.2 cm³/mol. The summed E-state index contributed by atoms with van der Waals surface area (Å²) in [7, 11) is 0. The van der Waals surface area contributed by atoms with Gasteiger partial charge >= 0.3 is 0 Å². The lowest BCUT2D eigenvalue weighted by atomic mass is 9.80. The Morgan fingerprint density at radius 2 is 2.12 bits per heavy atom. The molecule has 0 aliphatic carbocycles. The minimum atomic E-state index is -0.306. The summed E-state index contributed by atoms with van der Waals surface area (Å²) in [5.41, 5.74) is 6.39. The van der Waals surface area contributed by atoms with Crippen molar-refractivity contribution < 1.29 is 4.39 Å². The summed E-state index contributed by atoms with van der Waals surface area (Å²) in [6.45, 7) is 4.77. The average molecular weight is 244 g/mol. The molecule has 0 aliphatic heterocycles. The lowest BCUT2D eigenvalue weighted by molar-refractivity contribution is 0.298. The highest BCUT2D eigenvalue weighted by Crippen LogP contribution is 2.29. The van der Waals surface area contributed by atoms with Crippen molar-refractivity contribution in [3.63, 3.8) is 0 Å². The maximum Gasteiger partial charge on any atom is 0.144 e. The summed E-state index contributed by atoms with van der Waals surface area (Å²) >= 11 is 5.76. The molecule has 1 aromatic carbocycles. The highest BCUT2D eigenvalue weighted by molar-refractivity contribution is 6.30. The third-order valence-corrected chi connectivity index (χ3v) is 3.29. The second kappa shape index (κ2) is 5.65. The van der Waals surface area contributed by atoms with Crippen molar-refractivity contribution in [1.29, 1.82) is 0 Å². The molecule has 0 amide bonds. The van der Waals surface area contributed by atoms with Crippen LogP contribution in [0.4, 0.5) is 4.39 Å². The summed E-state index contributed by atoms with van der Waals surface area (Å²) in [5.74, 6) is -0.306. The van der Waals surface area contributed by atoms with E-state index in [0.717, 1.165) is 12.8 Å². The quantitative estimate of drug-likeness (QED) is 0.837. The second-order valence-corrected chi connectivity index (χ2v) is 5.06. The monoisotopic (exact) mass is 243 g/mol. The fourth-order valence-electron chi connectivity index (χ4n) is 2.01. The Morgan fingerprint density at radius 3 is 2.69 bits per heavy atom. The highest BCUT2D eigenvalue weighted by Gasteiger charge is 2.23. The second-order valence-electron chi connectivity index (χ2n) is 4.65. The van der Waals surface area contributed by atoms with Gasteiger partial charge in [-0.2, -0.15) is 0 Å². The fraction of sp³-hybridized carbons (Fsp3) is 0.538. The van der Waals surface area contributed by atoms with Gasteiger partial charge in [0.2, 0.25) is 0 Å². The normalized spacial score (nSPS) is 14.8. The van der Waals surface area contributed by atoms with Gasteiger partial charge in [0.05, 0.1) is 5.02 Å². The molecule has 1 rings (SSSR count). The molecule has 90 valence electrons. The first-order valence-corrected chi connectivity index (χ1v) is 6.03. The van der Waals surface area contributed by atoms with Crippen molar-refractivity contribution in [3.8, 4) is 0 Å². The van der Waals surface area contributed by atoms with Crippen LogP contribution >= 0.6 is 11.6 Å². The van der Waals surface area contributed by atoms with Crippen LogP contribution in [0.1, 0.15) is 32.3 Å². The summed E-state index contributed by atoms with van der Waals surface area (Å²) in [5, 5.41) is 0.188. The lowest BCUT2D eigenvalue weighted by Gasteiger charge is -2.28. The zero-order valence-electron chi connectivity index (χ0n) is 9.89. The first-order chi connectivity index (χ1) is 7.52. The van der Waals surface area contributed by atoms with E-state index in [1.807, 2.05) is 0 Å². The van der Waals surface area contributed by atoms with E-state index in [4.69, 9.17) is 17.3 Å². The SMILES string of the molecule is CCCC(C)(CN)Cc1cccc(Cl)c1F. The summed E-state index contributed by atoms with van der Waals surface area (Å²) in [6, 6.07) is 5.13. The molecule has 0 aromatic heterocycles. The van der Waals surface area contributed by atoms with Crippen molar-refractivity contribution in [1.82, 2.24) is 0 Å². The Balaban J connectivity index is 2.90. The van der Waals surface area contributed by atoms with E-state index < -0.39 is 0 Å². The predicted octanol–water partition coefficient (Wildman–Crippen LogP) is 3.79. The standard InChI is InChI=1S/C13H19ClFN/c1-3-7-13(2,9-16)8-10-5-4-6-11(14)12(10)15/h4-6H,3,7-9,16H2,1-2H3. The maximum atomic E-state index is 13.7. The van der Waals surface area contributed by atoms with Crippen LogP contribution < -0.4 is 5.73 Å². The van der Waals surface area contributed by atoms with Gasteiger partial charge in [-0.25, -0.2) is 4.39 Å². The van der Waals surface area contributed by atoms with Gasteiger partial charge in [0, 0.05) is 0 Å². The van der Waals surface area contributed by atoms with E-state index in [-0.39, 0.29) is 16.3 Å². The van der Waals surface area contributed by atoms with Crippen LogP contribution in [0.15, 0.2) is 18.2 Å². The Bertz CT molecular complexity index is 354. The number of rotatable bonds is 5. The molecule has 16 heavy (non-hydrogen) atoms. The molecule has 2 N–H and O–H groups in total. The molecule has 0 saturated heterocycles. The molecule has 1 unspecified atom stereocenters. The Hall–Kier alpha value is -0.600. The smallest absolute Gasteiger partial charge is 0.144 e. The number of halogens is 2. The first-order valence-electron chi connectivity index (χ1n) is 5.65. The molecule has 0 spiro atoms. The lowest BCUT2D eigenvalue weighted by Crippen LogP contribution is -2.29. The van der Waals surface area contributed by atoms with Gasteiger partial charge in [0.1, 0.15) is 5.82 Å². The van der Waals surface area contributed by atoms with Crippen molar-refractivity contribution in [2.45, 2.75) is 33.1 Å². The van der Waals surface area contributed by atoms with Gasteiger partial charge in [-0.1, -0.05) is 44.0 Å². The van der Waals surface area contributed by atoms with Crippen LogP contribution in [0.3, 0.4) is 0 Å². The molecule has 0 saturated carbocycles. The van der Waals surface area contributed by atoms with Crippen molar-refractivity contribution in [2.75, 3.05) is 6.54 Å². The molecule has 1 aromatic rings. The van der Waals surface area contributed by atoms with Gasteiger partial charge in [-0.15, -0.1) is 0 Å². The van der Waals surface area contributed by atoms with E-state index in [1.165, 1.54) is 0 Å². The summed E-state index contributed by atoms with van der Waals surface area (Å²) < 4.78 is 13.7. The number of benzene rings is 1. The fourth-order valence-corrected chi connectivity index (χ4v) is 2.21. The summed E-state index contributed by atoms with van der Waals surface area (Å²) in [6.07, 6.45) is 2.69. The third-order valence-electron chi connectivity index (χ3n) is 3.00. The van der Waals surface area contributed by atoms with E-state index in [1.54, 1.807) is 18.2 Å². The minimum Gasteiger partial charge on any atom is -0.330 e. The minimum absolute atomic E-state index is 0.0414. The third kappa shape index (κ3) is 3.19. The Morgan fingerprint density at radius 1 is 1.44 bits per heavy atom. The van der Waals surface area contributed by atoms with Gasteiger partial charge in [0.15, 0.2) is 0 Å². The highest BCUT2D eigenvalue weighted by atomic mass is 35.5. The van der Waals surface area contributed by atoms with Crippen molar-refractivity contribution in [3.05, 3.63) is 34.6 Å². The van der Waals surface area contributed by atoms with Gasteiger partial charge in [0.25, 0.3) is 0 Å². The summed E-state index contributed by atoms with van der Waals surface area (Å²) in [4.78, 5) is 0. The van der Waals surface area contributed by atoms with Gasteiger partial charge in [-0.05, 0) is 36.4 Å². The molecule has 1 atom stereocenters. The Labute approximate surface area is 102 Å². The van der Waals surface area contributed by atoms with Crippen LogP contribution in [0, 0.1) is 11.2 Å². The molecule has 0 bridgehead atoms. The molecule has 0 aliphatic rings. The Kier molecular flexibility index (Phi) is 4.75. The maximum absolute atomic E-state index is 13.7. The topological polar surface area (TPSA) is 26.0 Å². The molecule has 0 radical (unpaired) electrons. The van der Waals surface area contributed by atoms with Gasteiger partial charge < -0.3 is 5.73 Å². The van der Waals surface area contributed by atoms with Crippen LogP contribution in [0.2, 0.25) is 5.02 Å². The molecule has 1 nitrogen and oxygen atoms in total. The zero-order chi connectivity index (χ0) is 12.2. The molecule has 0 fully saturated rings. The van der Waals surface area contributed by atoms with E-state index in [0.29, 0.717) is 18.5 Å². The van der Waals surface area contributed by atoms with Crippen molar-refractivity contribution >= 4 is 11.6 Å². The van der Waals surface area contributed by atoms with Gasteiger partial charge in [-0.3, -0.25) is 0 Å². The number of hydrogen-bond donors (Lipinski definition) is 1.